The third-order valence-corrected chi connectivity index (χ3v) is 1.27. The van der Waals surface area contributed by atoms with Gasteiger partial charge in [0.05, 0.1) is 6.61 Å². The van der Waals surface area contributed by atoms with Gasteiger partial charge >= 0.3 is 11.9 Å². The van der Waals surface area contributed by atoms with E-state index in [-0.39, 0.29) is 25.6 Å². The van der Waals surface area contributed by atoms with Crippen LogP contribution < -0.4 is 0 Å². The minimum atomic E-state index is -0.618. The van der Waals surface area contributed by atoms with Gasteiger partial charge in [-0.3, -0.25) is 0 Å². The van der Waals surface area contributed by atoms with Crippen molar-refractivity contribution in [2.75, 3.05) is 19.8 Å². The number of carbonyl (C=O) groups is 2. The Morgan fingerprint density at radius 2 is 1.80 bits per heavy atom. The van der Waals surface area contributed by atoms with E-state index in [4.69, 9.17) is 4.74 Å². The third-order valence-electron chi connectivity index (χ3n) is 1.27. The molecule has 0 bridgehead atoms. The highest BCUT2D eigenvalue weighted by Crippen LogP contribution is 1.97. The lowest BCUT2D eigenvalue weighted by Crippen LogP contribution is -2.13. The van der Waals surface area contributed by atoms with E-state index in [0.29, 0.717) is 0 Å². The first-order chi connectivity index (χ1) is 7.11. The zero-order chi connectivity index (χ0) is 11.7. The van der Waals surface area contributed by atoms with Crippen LogP contribution in [0, 0.1) is 0 Å². The molecule has 84 valence electrons. The third kappa shape index (κ3) is 6.31. The summed E-state index contributed by atoms with van der Waals surface area (Å²) >= 11 is 0. The van der Waals surface area contributed by atoms with Crippen LogP contribution in [0.15, 0.2) is 25.0 Å². The van der Waals surface area contributed by atoms with Crippen molar-refractivity contribution in [1.82, 2.24) is 0 Å². The highest BCUT2D eigenvalue weighted by atomic mass is 16.6. The molecular weight excluding hydrogens is 200 g/mol. The molecule has 0 fully saturated rings. The highest BCUT2D eigenvalue weighted by Gasteiger charge is 2.08. The topological polar surface area (TPSA) is 61.8 Å². The second-order valence-corrected chi connectivity index (χ2v) is 2.36. The smallest absolute Gasteiger partial charge is 0.372 e. The molecular formula is C10H14O5. The molecule has 5 nitrogen and oxygen atoms in total. The molecule has 0 radical (unpaired) electrons. The molecule has 15 heavy (non-hydrogen) atoms. The molecule has 0 spiro atoms. The molecule has 0 saturated heterocycles. The van der Waals surface area contributed by atoms with Gasteiger partial charge < -0.3 is 14.2 Å². The Hall–Kier alpha value is -1.78. The second-order valence-electron chi connectivity index (χ2n) is 2.36. The molecule has 0 rings (SSSR count). The normalized spacial score (nSPS) is 8.87. The summed E-state index contributed by atoms with van der Waals surface area (Å²) in [6.07, 6.45) is 1.04. The van der Waals surface area contributed by atoms with Crippen molar-refractivity contribution in [3.63, 3.8) is 0 Å². The number of hydrogen-bond acceptors (Lipinski definition) is 5. The van der Waals surface area contributed by atoms with Crippen LogP contribution in [0.3, 0.4) is 0 Å². The summed E-state index contributed by atoms with van der Waals surface area (Å²) in [6.45, 7) is 8.59. The minimum Gasteiger partial charge on any atom is -0.483 e. The van der Waals surface area contributed by atoms with Gasteiger partial charge in [0.2, 0.25) is 0 Å². The van der Waals surface area contributed by atoms with Crippen LogP contribution in [0.5, 0.6) is 0 Å². The fraction of sp³-hybridized carbons (Fsp3) is 0.400. The average molecular weight is 214 g/mol. The monoisotopic (exact) mass is 214 g/mol. The molecule has 0 aromatic carbocycles. The van der Waals surface area contributed by atoms with Crippen LogP contribution in [0.1, 0.15) is 6.92 Å². The maximum atomic E-state index is 11.0. The van der Waals surface area contributed by atoms with E-state index in [1.807, 2.05) is 0 Å². The van der Waals surface area contributed by atoms with Crippen molar-refractivity contribution in [2.24, 2.45) is 0 Å². The summed E-state index contributed by atoms with van der Waals surface area (Å²) in [5.74, 6) is -1.26. The van der Waals surface area contributed by atoms with E-state index in [1.54, 1.807) is 6.92 Å². The second kappa shape index (κ2) is 7.61. The predicted molar refractivity (Wildman–Crippen MR) is 52.9 cm³/mol. The number of rotatable bonds is 7. The predicted octanol–water partition coefficient (Wildman–Crippen LogP) is 0.809. The molecule has 0 amide bonds. The van der Waals surface area contributed by atoms with Crippen LogP contribution in [0.4, 0.5) is 0 Å². The molecule has 0 atom stereocenters. The van der Waals surface area contributed by atoms with Gasteiger partial charge in [0, 0.05) is 6.08 Å². The number of carbonyl (C=O) groups excluding carboxylic acids is 2. The van der Waals surface area contributed by atoms with Crippen LogP contribution >= 0.6 is 0 Å². The van der Waals surface area contributed by atoms with Crippen LogP contribution in [0.2, 0.25) is 0 Å². The standard InChI is InChI=1S/C10H14O5/c1-4-9(11)15-7-6-14-8(3)10(12)13-5-2/h4H,1,3,5-7H2,2H3. The van der Waals surface area contributed by atoms with Crippen LogP contribution in [-0.4, -0.2) is 31.8 Å². The fourth-order valence-electron chi connectivity index (χ4n) is 0.637. The van der Waals surface area contributed by atoms with Gasteiger partial charge in [-0.25, -0.2) is 9.59 Å². The molecule has 0 aliphatic carbocycles. The average Bonchev–Trinajstić information content (AvgIpc) is 2.23. The molecule has 5 heteroatoms. The lowest BCUT2D eigenvalue weighted by Gasteiger charge is -2.07. The van der Waals surface area contributed by atoms with Crippen molar-refractivity contribution in [1.29, 1.82) is 0 Å². The molecule has 0 aromatic rings. The largest absolute Gasteiger partial charge is 0.483 e. The molecule has 0 unspecified atom stereocenters. The first kappa shape index (κ1) is 13.2. The summed E-state index contributed by atoms with van der Waals surface area (Å²) < 4.78 is 14.1. The minimum absolute atomic E-state index is 0.0310. The number of hydrogen-bond donors (Lipinski definition) is 0. The van der Waals surface area contributed by atoms with Crippen molar-refractivity contribution in [3.05, 3.63) is 25.0 Å². The zero-order valence-corrected chi connectivity index (χ0v) is 8.65. The Balaban J connectivity index is 3.59. The van der Waals surface area contributed by atoms with E-state index in [1.165, 1.54) is 0 Å². The Morgan fingerprint density at radius 1 is 1.20 bits per heavy atom. The van der Waals surface area contributed by atoms with E-state index in [0.717, 1.165) is 6.08 Å². The fourth-order valence-corrected chi connectivity index (χ4v) is 0.637. The summed E-state index contributed by atoms with van der Waals surface area (Å²) in [7, 11) is 0. The summed E-state index contributed by atoms with van der Waals surface area (Å²) in [4.78, 5) is 21.5. The zero-order valence-electron chi connectivity index (χ0n) is 8.65. The SMILES string of the molecule is C=CC(=O)OCCOC(=C)C(=O)OCC. The van der Waals surface area contributed by atoms with Gasteiger partial charge in [-0.1, -0.05) is 6.58 Å². The molecule has 0 heterocycles. The number of ether oxygens (including phenoxy) is 3. The van der Waals surface area contributed by atoms with Crippen molar-refractivity contribution in [2.45, 2.75) is 6.92 Å². The lowest BCUT2D eigenvalue weighted by molar-refractivity contribution is -0.143. The van der Waals surface area contributed by atoms with Crippen molar-refractivity contribution in [3.8, 4) is 0 Å². The first-order valence-electron chi connectivity index (χ1n) is 4.39. The van der Waals surface area contributed by atoms with Crippen molar-refractivity contribution >= 4 is 11.9 Å². The quantitative estimate of drug-likeness (QED) is 0.271. The van der Waals surface area contributed by atoms with Gasteiger partial charge in [0.1, 0.15) is 13.2 Å². The Bertz CT molecular complexity index is 257. The Labute approximate surface area is 88.3 Å². The summed E-state index contributed by atoms with van der Waals surface area (Å²) in [5, 5.41) is 0. The van der Waals surface area contributed by atoms with Gasteiger partial charge in [0.15, 0.2) is 5.76 Å². The Kier molecular flexibility index (Phi) is 6.70. The molecule has 0 aliphatic heterocycles. The molecule has 0 N–H and O–H groups in total. The summed E-state index contributed by atoms with van der Waals surface area (Å²) in [6, 6.07) is 0. The highest BCUT2D eigenvalue weighted by molar-refractivity contribution is 5.85. The maximum absolute atomic E-state index is 11.0. The van der Waals surface area contributed by atoms with E-state index >= 15 is 0 Å². The van der Waals surface area contributed by atoms with Gasteiger partial charge in [-0.05, 0) is 13.5 Å². The van der Waals surface area contributed by atoms with E-state index < -0.39 is 11.9 Å². The van der Waals surface area contributed by atoms with E-state index in [2.05, 4.69) is 22.6 Å². The van der Waals surface area contributed by atoms with Crippen LogP contribution in [-0.2, 0) is 23.8 Å². The van der Waals surface area contributed by atoms with Gasteiger partial charge in [0.25, 0.3) is 0 Å². The first-order valence-corrected chi connectivity index (χ1v) is 4.39. The van der Waals surface area contributed by atoms with Crippen LogP contribution in [0.25, 0.3) is 0 Å². The van der Waals surface area contributed by atoms with Gasteiger partial charge in [-0.15, -0.1) is 0 Å². The lowest BCUT2D eigenvalue weighted by atomic mass is 10.5. The molecule has 0 saturated carbocycles. The number of esters is 2. The molecule has 0 aromatic heterocycles. The summed E-state index contributed by atoms with van der Waals surface area (Å²) in [5.41, 5.74) is 0. The maximum Gasteiger partial charge on any atom is 0.372 e. The van der Waals surface area contributed by atoms with Crippen molar-refractivity contribution < 1.29 is 23.8 Å². The van der Waals surface area contributed by atoms with Gasteiger partial charge in [-0.2, -0.15) is 0 Å². The Morgan fingerprint density at radius 3 is 2.33 bits per heavy atom. The molecule has 0 aliphatic rings. The van der Waals surface area contributed by atoms with E-state index in [9.17, 15) is 9.59 Å².